The van der Waals surface area contributed by atoms with Crippen LogP contribution in [0, 0.1) is 13.8 Å². The predicted octanol–water partition coefficient (Wildman–Crippen LogP) is 3.76. The molecule has 4 N–H and O–H groups in total. The number of aromatic nitrogens is 4. The number of nitrogens with one attached hydrogen (secondary N) is 2. The molecule has 0 atom stereocenters. The van der Waals surface area contributed by atoms with E-state index in [2.05, 4.69) is 30.7 Å². The number of nitrogen functional groups attached to an aromatic ring is 1. The monoisotopic (exact) mass is 353 g/mol. The molecule has 126 valence electrons. The zero-order valence-corrected chi connectivity index (χ0v) is 14.4. The second-order valence-electron chi connectivity index (χ2n) is 5.50. The smallest absolute Gasteiger partial charge is 0.189 e. The van der Waals surface area contributed by atoms with Crippen molar-refractivity contribution in [2.45, 2.75) is 13.8 Å². The Morgan fingerprint density at radius 1 is 1.12 bits per heavy atom. The molecule has 0 saturated heterocycles. The van der Waals surface area contributed by atoms with Gasteiger partial charge in [0.05, 0.1) is 10.2 Å². The van der Waals surface area contributed by atoms with Crippen molar-refractivity contribution in [2.24, 2.45) is 0 Å². The lowest BCUT2D eigenvalue weighted by atomic mass is 10.2. The number of nitrogens with zero attached hydrogens (tertiary/aromatic N) is 4. The summed E-state index contributed by atoms with van der Waals surface area (Å²) in [5.74, 6) is 2.15. The first-order chi connectivity index (χ1) is 12.1. The van der Waals surface area contributed by atoms with Gasteiger partial charge in [0.15, 0.2) is 22.6 Å². The molecule has 4 aromatic rings. The first kappa shape index (κ1) is 15.3. The fourth-order valence-corrected chi connectivity index (χ4v) is 3.33. The fourth-order valence-electron chi connectivity index (χ4n) is 2.38. The highest BCUT2D eigenvalue weighted by molar-refractivity contribution is 7.22. The highest BCUT2D eigenvalue weighted by Crippen LogP contribution is 2.32. The standard InChI is InChI=1S/C16H15N7OS/c1-8-4-3-5-10-13(8)21-16(25-10)22-15-12(17)14(18-7-19-15)20-11-6-9(2)24-23-11/h3-7H,17H2,1-2H3,(H2,18,19,20,21,22,23). The van der Waals surface area contributed by atoms with Gasteiger partial charge >= 0.3 is 0 Å². The maximum atomic E-state index is 6.18. The Kier molecular flexibility index (Phi) is 3.69. The average Bonchev–Trinajstić information content (AvgIpc) is 3.18. The summed E-state index contributed by atoms with van der Waals surface area (Å²) in [6, 6.07) is 7.84. The zero-order chi connectivity index (χ0) is 17.4. The SMILES string of the molecule is Cc1cc(Nc2ncnc(Nc3nc4c(C)cccc4s3)c2N)no1. The van der Waals surface area contributed by atoms with Crippen LogP contribution in [0.5, 0.6) is 0 Å². The summed E-state index contributed by atoms with van der Waals surface area (Å²) < 4.78 is 6.13. The molecule has 8 nitrogen and oxygen atoms in total. The van der Waals surface area contributed by atoms with Crippen molar-refractivity contribution in [3.8, 4) is 0 Å². The van der Waals surface area contributed by atoms with E-state index in [4.69, 9.17) is 10.3 Å². The van der Waals surface area contributed by atoms with E-state index < -0.39 is 0 Å². The van der Waals surface area contributed by atoms with Crippen molar-refractivity contribution in [1.29, 1.82) is 0 Å². The van der Waals surface area contributed by atoms with Crippen molar-refractivity contribution in [3.63, 3.8) is 0 Å². The van der Waals surface area contributed by atoms with Crippen molar-refractivity contribution >= 4 is 49.8 Å². The van der Waals surface area contributed by atoms with Gasteiger partial charge in [-0.25, -0.2) is 15.0 Å². The minimum absolute atomic E-state index is 0.374. The second-order valence-corrected chi connectivity index (χ2v) is 6.53. The summed E-state index contributed by atoms with van der Waals surface area (Å²) in [4.78, 5) is 13.0. The van der Waals surface area contributed by atoms with Crippen LogP contribution in [0.25, 0.3) is 10.2 Å². The Morgan fingerprint density at radius 2 is 1.92 bits per heavy atom. The first-order valence-corrected chi connectivity index (χ1v) is 8.36. The largest absolute Gasteiger partial charge is 0.393 e. The van der Waals surface area contributed by atoms with E-state index in [1.165, 1.54) is 6.33 Å². The molecule has 0 aliphatic rings. The third kappa shape index (κ3) is 2.96. The van der Waals surface area contributed by atoms with E-state index in [1.807, 2.05) is 32.0 Å². The lowest BCUT2D eigenvalue weighted by Crippen LogP contribution is -2.05. The Bertz CT molecular complexity index is 1060. The summed E-state index contributed by atoms with van der Waals surface area (Å²) in [5.41, 5.74) is 8.65. The normalized spacial score (nSPS) is 11.0. The topological polar surface area (TPSA) is 115 Å². The average molecular weight is 353 g/mol. The molecule has 0 aliphatic carbocycles. The van der Waals surface area contributed by atoms with Crippen molar-refractivity contribution in [1.82, 2.24) is 20.1 Å². The van der Waals surface area contributed by atoms with Crippen molar-refractivity contribution in [2.75, 3.05) is 16.4 Å². The third-order valence-corrected chi connectivity index (χ3v) is 4.54. The molecule has 0 fully saturated rings. The second kappa shape index (κ2) is 6.02. The Hall–Kier alpha value is -3.20. The molecule has 0 saturated carbocycles. The third-order valence-electron chi connectivity index (χ3n) is 3.60. The molecular weight excluding hydrogens is 338 g/mol. The van der Waals surface area contributed by atoms with Gasteiger partial charge in [-0.3, -0.25) is 0 Å². The van der Waals surface area contributed by atoms with Gasteiger partial charge in [0.1, 0.15) is 17.8 Å². The fraction of sp³-hybridized carbons (Fsp3) is 0.125. The number of rotatable bonds is 4. The van der Waals surface area contributed by atoms with Gasteiger partial charge < -0.3 is 20.9 Å². The van der Waals surface area contributed by atoms with Crippen LogP contribution in [0.15, 0.2) is 35.1 Å². The van der Waals surface area contributed by atoms with Crippen molar-refractivity contribution < 1.29 is 4.52 Å². The van der Waals surface area contributed by atoms with Gasteiger partial charge in [0.2, 0.25) is 0 Å². The van der Waals surface area contributed by atoms with E-state index in [1.54, 1.807) is 17.4 Å². The molecule has 0 spiro atoms. The van der Waals surface area contributed by atoms with Gasteiger partial charge in [-0.1, -0.05) is 28.6 Å². The number of hydrogen-bond donors (Lipinski definition) is 3. The molecule has 3 aromatic heterocycles. The van der Waals surface area contributed by atoms with Gasteiger partial charge in [-0.2, -0.15) is 0 Å². The molecule has 0 unspecified atom stereocenters. The number of benzene rings is 1. The molecule has 25 heavy (non-hydrogen) atoms. The van der Waals surface area contributed by atoms with Crippen LogP contribution >= 0.6 is 11.3 Å². The van der Waals surface area contributed by atoms with Gasteiger partial charge in [0, 0.05) is 6.07 Å². The maximum Gasteiger partial charge on any atom is 0.189 e. The Labute approximate surface area is 147 Å². The van der Waals surface area contributed by atoms with Gasteiger partial charge in [-0.15, -0.1) is 0 Å². The summed E-state index contributed by atoms with van der Waals surface area (Å²) in [6.45, 7) is 3.84. The molecule has 0 aliphatic heterocycles. The molecule has 3 heterocycles. The van der Waals surface area contributed by atoms with Gasteiger partial charge in [-0.05, 0) is 25.5 Å². The number of para-hydroxylation sites is 1. The van der Waals surface area contributed by atoms with E-state index in [0.717, 1.165) is 20.9 Å². The predicted molar refractivity (Wildman–Crippen MR) is 98.6 cm³/mol. The van der Waals surface area contributed by atoms with Crippen LogP contribution < -0.4 is 16.4 Å². The number of hydrogen-bond acceptors (Lipinski definition) is 9. The summed E-state index contributed by atoms with van der Waals surface area (Å²) in [7, 11) is 0. The molecule has 0 amide bonds. The first-order valence-electron chi connectivity index (χ1n) is 7.54. The summed E-state index contributed by atoms with van der Waals surface area (Å²) in [6.07, 6.45) is 1.42. The van der Waals surface area contributed by atoms with E-state index in [0.29, 0.717) is 28.9 Å². The highest BCUT2D eigenvalue weighted by Gasteiger charge is 2.13. The van der Waals surface area contributed by atoms with Crippen LogP contribution in [0.4, 0.5) is 28.3 Å². The molecule has 9 heteroatoms. The molecule has 4 rings (SSSR count). The Balaban J connectivity index is 1.63. The lowest BCUT2D eigenvalue weighted by Gasteiger charge is -2.09. The van der Waals surface area contributed by atoms with Crippen LogP contribution in [-0.4, -0.2) is 20.1 Å². The number of anilines is 5. The lowest BCUT2D eigenvalue weighted by molar-refractivity contribution is 0.400. The minimum atomic E-state index is 0.374. The minimum Gasteiger partial charge on any atom is -0.393 e. The van der Waals surface area contributed by atoms with E-state index in [9.17, 15) is 0 Å². The van der Waals surface area contributed by atoms with E-state index in [-0.39, 0.29) is 0 Å². The number of fused-ring (bicyclic) bond motifs is 1. The molecule has 0 bridgehead atoms. The zero-order valence-electron chi connectivity index (χ0n) is 13.6. The van der Waals surface area contributed by atoms with Crippen LogP contribution in [-0.2, 0) is 0 Å². The summed E-state index contributed by atoms with van der Waals surface area (Å²) >= 11 is 1.54. The number of nitrogens with two attached hydrogens (primary N) is 1. The summed E-state index contributed by atoms with van der Waals surface area (Å²) in [5, 5.41) is 10.8. The highest BCUT2D eigenvalue weighted by atomic mass is 32.1. The molecular formula is C16H15N7OS. The number of aryl methyl sites for hydroxylation is 2. The van der Waals surface area contributed by atoms with Crippen LogP contribution in [0.1, 0.15) is 11.3 Å². The maximum absolute atomic E-state index is 6.18. The quantitative estimate of drug-likeness (QED) is 0.508. The van der Waals surface area contributed by atoms with E-state index >= 15 is 0 Å². The molecule has 0 radical (unpaired) electrons. The molecule has 1 aromatic carbocycles. The Morgan fingerprint density at radius 3 is 2.64 bits per heavy atom. The van der Waals surface area contributed by atoms with Crippen molar-refractivity contribution in [3.05, 3.63) is 41.9 Å². The van der Waals surface area contributed by atoms with Crippen LogP contribution in [0.3, 0.4) is 0 Å². The van der Waals surface area contributed by atoms with Crippen LogP contribution in [0.2, 0.25) is 0 Å². The number of thiazole rings is 1. The van der Waals surface area contributed by atoms with Gasteiger partial charge in [0.25, 0.3) is 0 Å².